The van der Waals surface area contributed by atoms with Crippen molar-refractivity contribution in [1.29, 1.82) is 0 Å². The first-order valence-electron chi connectivity index (χ1n) is 9.94. The molecule has 4 N–H and O–H groups in total. The molecule has 0 aromatic heterocycles. The van der Waals surface area contributed by atoms with Gasteiger partial charge in [-0.2, -0.15) is 0 Å². The Kier molecular flexibility index (Phi) is 6.54. The average molecular weight is 470 g/mol. The molecular formula is C22H22N4O8. The van der Waals surface area contributed by atoms with Gasteiger partial charge in [0.1, 0.15) is 6.17 Å². The molecule has 2 atom stereocenters. The van der Waals surface area contributed by atoms with Gasteiger partial charge in [-0.3, -0.25) is 29.5 Å². The third-order valence-electron chi connectivity index (χ3n) is 5.10. The second kappa shape index (κ2) is 9.19. The molecule has 0 radical (unpaired) electrons. The van der Waals surface area contributed by atoms with Crippen LogP contribution in [0.3, 0.4) is 0 Å². The van der Waals surface area contributed by atoms with Crippen molar-refractivity contribution in [3.05, 3.63) is 54.1 Å². The van der Waals surface area contributed by atoms with Crippen molar-refractivity contribution in [2.24, 2.45) is 5.73 Å². The van der Waals surface area contributed by atoms with E-state index in [2.05, 4.69) is 5.32 Å². The number of carbonyl (C=O) groups is 5. The molecule has 2 unspecified atom stereocenters. The number of amides is 4. The summed E-state index contributed by atoms with van der Waals surface area (Å²) in [4.78, 5) is 63.8. The molecule has 178 valence electrons. The number of ether oxygens (including phenoxy) is 2. The van der Waals surface area contributed by atoms with Gasteiger partial charge >= 0.3 is 24.1 Å². The van der Waals surface area contributed by atoms with Gasteiger partial charge in [-0.1, -0.05) is 30.3 Å². The van der Waals surface area contributed by atoms with Gasteiger partial charge in [0.15, 0.2) is 17.0 Å². The van der Waals surface area contributed by atoms with Crippen LogP contribution in [-0.4, -0.2) is 53.2 Å². The van der Waals surface area contributed by atoms with Crippen LogP contribution < -0.4 is 25.4 Å². The summed E-state index contributed by atoms with van der Waals surface area (Å²) in [6, 6.07) is 11.2. The zero-order valence-corrected chi connectivity index (χ0v) is 18.5. The number of likely N-dealkylation sites (N-methyl/N-ethyl adjacent to an activating group) is 1. The van der Waals surface area contributed by atoms with Gasteiger partial charge in [-0.25, -0.2) is 9.59 Å². The van der Waals surface area contributed by atoms with Gasteiger partial charge < -0.3 is 20.3 Å². The van der Waals surface area contributed by atoms with E-state index in [0.717, 1.165) is 25.8 Å². The number of nitrogens with two attached hydrogens (primary N) is 1. The second-order valence-electron chi connectivity index (χ2n) is 7.36. The van der Waals surface area contributed by atoms with E-state index in [-0.39, 0.29) is 17.0 Å². The second-order valence-corrected chi connectivity index (χ2v) is 7.36. The number of nitrogens with one attached hydrogen (secondary N) is 1. The molecule has 12 nitrogen and oxygen atoms in total. The van der Waals surface area contributed by atoms with E-state index in [0.29, 0.717) is 4.90 Å². The zero-order valence-electron chi connectivity index (χ0n) is 18.5. The SMILES string of the molecule is CC(=O)Oc1cccc(C2(NC(=O)O)C(=O)N(C)C(=O)N(c3ccccc3)C2N)c1OC(C)=O. The molecule has 4 amide bonds. The Hall–Kier alpha value is -4.45. The normalized spacial score (nSPS) is 20.1. The minimum atomic E-state index is -2.36. The van der Waals surface area contributed by atoms with Crippen LogP contribution in [0.15, 0.2) is 48.5 Å². The number of urea groups is 1. The van der Waals surface area contributed by atoms with Crippen LogP contribution in [0, 0.1) is 0 Å². The molecule has 2 aromatic carbocycles. The van der Waals surface area contributed by atoms with Gasteiger partial charge in [0.25, 0.3) is 5.91 Å². The Morgan fingerprint density at radius 1 is 1.00 bits per heavy atom. The Bertz CT molecular complexity index is 1170. The predicted molar refractivity (Wildman–Crippen MR) is 117 cm³/mol. The highest BCUT2D eigenvalue weighted by molar-refractivity contribution is 6.11. The quantitative estimate of drug-likeness (QED) is 0.432. The Labute approximate surface area is 193 Å². The van der Waals surface area contributed by atoms with E-state index in [1.807, 2.05) is 0 Å². The van der Waals surface area contributed by atoms with Crippen LogP contribution in [0.4, 0.5) is 15.3 Å². The molecule has 3 rings (SSSR count). The van der Waals surface area contributed by atoms with E-state index in [1.165, 1.54) is 18.2 Å². The van der Waals surface area contributed by atoms with Gasteiger partial charge in [0, 0.05) is 32.1 Å². The fourth-order valence-electron chi connectivity index (χ4n) is 3.76. The molecule has 0 aliphatic carbocycles. The fraction of sp³-hybridized carbons (Fsp3) is 0.227. The Morgan fingerprint density at radius 3 is 2.18 bits per heavy atom. The molecule has 1 aliphatic rings. The van der Waals surface area contributed by atoms with E-state index < -0.39 is 47.4 Å². The standard InChI is InChI=1S/C22H22N4O8/c1-12(27)33-16-11-7-10-15(17(16)34-13(2)28)22(24-20(30)31)18(23)26(14-8-5-4-6-9-14)21(32)25(3)19(22)29/h4-11,18,24H,23H2,1-3H3,(H,30,31). The molecule has 0 saturated carbocycles. The molecule has 0 spiro atoms. The van der Waals surface area contributed by atoms with Crippen molar-refractivity contribution in [2.45, 2.75) is 25.6 Å². The van der Waals surface area contributed by atoms with Gasteiger partial charge in [0.05, 0.1) is 0 Å². The van der Waals surface area contributed by atoms with Crippen molar-refractivity contribution >= 4 is 35.7 Å². The molecule has 1 heterocycles. The number of rotatable bonds is 5. The van der Waals surface area contributed by atoms with Crippen LogP contribution in [0.1, 0.15) is 19.4 Å². The molecule has 1 aliphatic heterocycles. The largest absolute Gasteiger partial charge is 0.465 e. The predicted octanol–water partition coefficient (Wildman–Crippen LogP) is 1.38. The monoisotopic (exact) mass is 470 g/mol. The summed E-state index contributed by atoms with van der Waals surface area (Å²) in [5, 5.41) is 11.8. The topological polar surface area (TPSA) is 169 Å². The van der Waals surface area contributed by atoms with Crippen LogP contribution in [0.2, 0.25) is 0 Å². The summed E-state index contributed by atoms with van der Waals surface area (Å²) in [6.45, 7) is 2.18. The highest BCUT2D eigenvalue weighted by Gasteiger charge is 2.59. The lowest BCUT2D eigenvalue weighted by molar-refractivity contribution is -0.138. The smallest absolute Gasteiger partial charge is 0.405 e. The van der Waals surface area contributed by atoms with Gasteiger partial charge in [-0.05, 0) is 18.2 Å². The lowest BCUT2D eigenvalue weighted by Gasteiger charge is -2.49. The van der Waals surface area contributed by atoms with Crippen LogP contribution in [-0.2, 0) is 19.9 Å². The van der Waals surface area contributed by atoms with Gasteiger partial charge in [-0.15, -0.1) is 0 Å². The van der Waals surface area contributed by atoms with Crippen molar-refractivity contribution in [3.8, 4) is 11.5 Å². The number of carbonyl (C=O) groups excluding carboxylic acids is 4. The summed E-state index contributed by atoms with van der Waals surface area (Å²) < 4.78 is 10.4. The number of nitrogens with zero attached hydrogens (tertiary/aromatic N) is 2. The first-order valence-corrected chi connectivity index (χ1v) is 9.94. The minimum absolute atomic E-state index is 0.235. The van der Waals surface area contributed by atoms with E-state index in [1.54, 1.807) is 30.3 Å². The highest BCUT2D eigenvalue weighted by atomic mass is 16.6. The maximum Gasteiger partial charge on any atom is 0.405 e. The van der Waals surface area contributed by atoms with Crippen molar-refractivity contribution in [3.63, 3.8) is 0 Å². The van der Waals surface area contributed by atoms with Gasteiger partial charge in [0.2, 0.25) is 0 Å². The molecule has 1 fully saturated rings. The maximum atomic E-state index is 13.6. The van der Waals surface area contributed by atoms with Crippen LogP contribution >= 0.6 is 0 Å². The molecule has 1 saturated heterocycles. The van der Waals surface area contributed by atoms with E-state index in [4.69, 9.17) is 15.2 Å². The highest BCUT2D eigenvalue weighted by Crippen LogP contribution is 2.43. The summed E-state index contributed by atoms with van der Waals surface area (Å²) in [5.74, 6) is -3.29. The first kappa shape index (κ1) is 24.2. The zero-order chi connectivity index (χ0) is 25.2. The van der Waals surface area contributed by atoms with E-state index >= 15 is 0 Å². The van der Waals surface area contributed by atoms with Crippen molar-refractivity contribution in [1.82, 2.24) is 10.2 Å². The van der Waals surface area contributed by atoms with Crippen molar-refractivity contribution in [2.75, 3.05) is 11.9 Å². The Balaban J connectivity index is 2.36. The number of anilines is 1. The average Bonchev–Trinajstić information content (AvgIpc) is 2.76. The molecule has 0 bridgehead atoms. The number of hydrogen-bond donors (Lipinski definition) is 3. The van der Waals surface area contributed by atoms with E-state index in [9.17, 15) is 29.1 Å². The number of imide groups is 1. The minimum Gasteiger partial charge on any atom is -0.465 e. The van der Waals surface area contributed by atoms with Crippen molar-refractivity contribution < 1.29 is 38.6 Å². The van der Waals surface area contributed by atoms with Crippen LogP contribution in [0.5, 0.6) is 11.5 Å². The van der Waals surface area contributed by atoms with Crippen LogP contribution in [0.25, 0.3) is 0 Å². The molecule has 12 heteroatoms. The summed E-state index contributed by atoms with van der Waals surface area (Å²) in [5.41, 5.74) is 4.14. The number of hydrogen-bond acceptors (Lipinski definition) is 8. The number of para-hydroxylation sites is 2. The lowest BCUT2D eigenvalue weighted by Crippen LogP contribution is -2.76. The summed E-state index contributed by atoms with van der Waals surface area (Å²) >= 11 is 0. The summed E-state index contributed by atoms with van der Waals surface area (Å²) in [7, 11) is 1.16. The third-order valence-corrected chi connectivity index (χ3v) is 5.10. The maximum absolute atomic E-state index is 13.6. The molecule has 2 aromatic rings. The number of esters is 2. The number of benzene rings is 2. The molecular weight excluding hydrogens is 448 g/mol. The fourth-order valence-corrected chi connectivity index (χ4v) is 3.76. The lowest BCUT2D eigenvalue weighted by atomic mass is 9.82. The Morgan fingerprint density at radius 2 is 1.62 bits per heavy atom. The summed E-state index contributed by atoms with van der Waals surface area (Å²) in [6.07, 6.45) is -3.28. The third kappa shape index (κ3) is 4.13. The first-order chi connectivity index (χ1) is 16.0. The number of carboxylic acid groups (broad SMARTS) is 1. The molecule has 34 heavy (non-hydrogen) atoms.